The minimum atomic E-state index is 1.09. The first-order chi connectivity index (χ1) is 33.5. The van der Waals surface area contributed by atoms with Crippen molar-refractivity contribution in [2.75, 3.05) is 9.80 Å². The first-order valence-electron chi connectivity index (χ1n) is 22.7. The second-order valence-electron chi connectivity index (χ2n) is 16.4. The van der Waals surface area contributed by atoms with Crippen LogP contribution in [0.25, 0.3) is 55.3 Å². The molecule has 11 aromatic rings. The Morgan fingerprint density at radius 1 is 0.206 bits per heavy atom. The van der Waals surface area contributed by atoms with E-state index in [0.29, 0.717) is 0 Å². The average molecular weight is 1000 g/mol. The molecule has 0 aliphatic heterocycles. The number of benzene rings is 11. The molecule has 68 heavy (non-hydrogen) atoms. The molecule has 326 valence electrons. The van der Waals surface area contributed by atoms with Crippen LogP contribution >= 0.6 is 31.9 Å². The molecule has 2 nitrogen and oxygen atoms in total. The number of para-hydroxylation sites is 1. The fraction of sp³-hybridized carbons (Fsp3) is 0. The topological polar surface area (TPSA) is 6.48 Å². The Balaban J connectivity index is 0.000000163. The molecule has 0 amide bonds. The van der Waals surface area contributed by atoms with Gasteiger partial charge in [0, 0.05) is 42.8 Å². The summed E-state index contributed by atoms with van der Waals surface area (Å²) in [6, 6.07) is 98.7. The van der Waals surface area contributed by atoms with Crippen molar-refractivity contribution in [2.24, 2.45) is 0 Å². The standard InChI is InChI=1S/C36H26BrN.C28H20BrN/c37-33-19-11-29(12-20-33)32-17-25-36(26-18-32)38(34-21-13-30(14-22-34)27-7-3-1-4-8-27)35-23-15-31(16-24-35)28-9-5-2-6-10-28;29-24-17-13-21(14-18-24)22-15-19-26(20-16-22)30(25-9-2-1-3-10-25)28-12-6-8-23-7-4-5-11-27(23)28/h1-26H;1-20H. The summed E-state index contributed by atoms with van der Waals surface area (Å²) in [5.74, 6) is 0. The van der Waals surface area contributed by atoms with Crippen molar-refractivity contribution in [1.82, 2.24) is 0 Å². The zero-order chi connectivity index (χ0) is 46.1. The van der Waals surface area contributed by atoms with E-state index in [0.717, 1.165) is 37.4 Å². The van der Waals surface area contributed by atoms with Crippen LogP contribution in [0, 0.1) is 0 Å². The molecule has 0 spiro atoms. The molecule has 0 saturated carbocycles. The summed E-state index contributed by atoms with van der Waals surface area (Å²) in [4.78, 5) is 4.64. The molecule has 0 radical (unpaired) electrons. The summed E-state index contributed by atoms with van der Waals surface area (Å²) in [7, 11) is 0. The number of halogens is 2. The molecule has 0 bridgehead atoms. The molecule has 0 heterocycles. The Morgan fingerprint density at radius 3 is 0.882 bits per heavy atom. The maximum Gasteiger partial charge on any atom is 0.0540 e. The van der Waals surface area contributed by atoms with Crippen LogP contribution < -0.4 is 9.80 Å². The maximum atomic E-state index is 3.53. The van der Waals surface area contributed by atoms with Gasteiger partial charge in [0.2, 0.25) is 0 Å². The first kappa shape index (κ1) is 44.1. The summed E-state index contributed by atoms with van der Waals surface area (Å²) >= 11 is 7.05. The number of fused-ring (bicyclic) bond motifs is 1. The van der Waals surface area contributed by atoms with Gasteiger partial charge >= 0.3 is 0 Å². The van der Waals surface area contributed by atoms with Gasteiger partial charge in [-0.3, -0.25) is 0 Å². The molecule has 0 aliphatic carbocycles. The molecule has 4 heteroatoms. The van der Waals surface area contributed by atoms with Crippen LogP contribution in [0.3, 0.4) is 0 Å². The van der Waals surface area contributed by atoms with Gasteiger partial charge in [-0.1, -0.05) is 220 Å². The number of anilines is 6. The zero-order valence-corrected chi connectivity index (χ0v) is 40.4. The van der Waals surface area contributed by atoms with E-state index in [1.54, 1.807) is 0 Å². The Bertz CT molecular complexity index is 3250. The van der Waals surface area contributed by atoms with Crippen molar-refractivity contribution < 1.29 is 0 Å². The van der Waals surface area contributed by atoms with Gasteiger partial charge in [-0.05, 0) is 141 Å². The lowest BCUT2D eigenvalue weighted by Gasteiger charge is -2.27. The number of hydrogen-bond acceptors (Lipinski definition) is 2. The Labute approximate surface area is 416 Å². The zero-order valence-electron chi connectivity index (χ0n) is 37.2. The predicted molar refractivity (Wildman–Crippen MR) is 297 cm³/mol. The van der Waals surface area contributed by atoms with Crippen LogP contribution in [-0.2, 0) is 0 Å². The Kier molecular flexibility index (Phi) is 13.5. The lowest BCUT2D eigenvalue weighted by atomic mass is 10.0. The molecule has 0 aromatic heterocycles. The van der Waals surface area contributed by atoms with Crippen molar-refractivity contribution >= 4 is 76.8 Å². The third kappa shape index (κ3) is 10.1. The molecular formula is C64H46Br2N2. The van der Waals surface area contributed by atoms with Crippen LogP contribution in [0.1, 0.15) is 0 Å². The molecule has 0 fully saturated rings. The average Bonchev–Trinajstić information content (AvgIpc) is 3.41. The highest BCUT2D eigenvalue weighted by Gasteiger charge is 2.16. The molecular weight excluding hydrogens is 957 g/mol. The van der Waals surface area contributed by atoms with Gasteiger partial charge in [0.05, 0.1) is 5.69 Å². The minimum absolute atomic E-state index is 1.09. The van der Waals surface area contributed by atoms with E-state index >= 15 is 0 Å². The fourth-order valence-corrected chi connectivity index (χ4v) is 9.14. The third-order valence-corrected chi connectivity index (χ3v) is 13.2. The Hall–Kier alpha value is -7.76. The summed E-state index contributed by atoms with van der Waals surface area (Å²) in [6.45, 7) is 0. The molecule has 11 aromatic carbocycles. The summed E-state index contributed by atoms with van der Waals surface area (Å²) in [6.07, 6.45) is 0. The fourth-order valence-electron chi connectivity index (χ4n) is 8.61. The van der Waals surface area contributed by atoms with Crippen molar-refractivity contribution in [3.05, 3.63) is 288 Å². The van der Waals surface area contributed by atoms with Gasteiger partial charge in [-0.2, -0.15) is 0 Å². The van der Waals surface area contributed by atoms with E-state index in [1.807, 2.05) is 0 Å². The molecule has 0 saturated heterocycles. The lowest BCUT2D eigenvalue weighted by Crippen LogP contribution is -2.10. The second kappa shape index (κ2) is 20.8. The molecule has 0 atom stereocenters. The van der Waals surface area contributed by atoms with E-state index in [-0.39, 0.29) is 0 Å². The van der Waals surface area contributed by atoms with Gasteiger partial charge < -0.3 is 9.80 Å². The summed E-state index contributed by atoms with van der Waals surface area (Å²) in [5.41, 5.74) is 16.5. The smallest absolute Gasteiger partial charge is 0.0540 e. The van der Waals surface area contributed by atoms with Gasteiger partial charge in [0.15, 0.2) is 0 Å². The van der Waals surface area contributed by atoms with E-state index < -0.39 is 0 Å². The molecule has 0 aliphatic rings. The highest BCUT2D eigenvalue weighted by molar-refractivity contribution is 9.10. The SMILES string of the molecule is Brc1ccc(-c2ccc(N(c3ccc(-c4ccccc4)cc3)c3ccc(-c4ccccc4)cc3)cc2)cc1.Brc1ccc(-c2ccc(N(c3ccccc3)c3cccc4ccccc34)cc2)cc1. The third-order valence-electron chi connectivity index (χ3n) is 12.1. The molecule has 0 N–H and O–H groups in total. The first-order valence-corrected chi connectivity index (χ1v) is 24.3. The highest BCUT2D eigenvalue weighted by atomic mass is 79.9. The predicted octanol–water partition coefficient (Wildman–Crippen LogP) is 19.7. The summed E-state index contributed by atoms with van der Waals surface area (Å²) in [5, 5.41) is 2.48. The highest BCUT2D eigenvalue weighted by Crippen LogP contribution is 2.40. The second-order valence-corrected chi connectivity index (χ2v) is 18.3. The van der Waals surface area contributed by atoms with Crippen molar-refractivity contribution in [3.8, 4) is 44.5 Å². The van der Waals surface area contributed by atoms with E-state index in [4.69, 9.17) is 0 Å². The number of hydrogen-bond donors (Lipinski definition) is 0. The van der Waals surface area contributed by atoms with Gasteiger partial charge in [0.25, 0.3) is 0 Å². The van der Waals surface area contributed by atoms with Gasteiger partial charge in [0.1, 0.15) is 0 Å². The van der Waals surface area contributed by atoms with E-state index in [2.05, 4.69) is 321 Å². The van der Waals surface area contributed by atoms with Crippen molar-refractivity contribution in [3.63, 3.8) is 0 Å². The Morgan fingerprint density at radius 2 is 0.485 bits per heavy atom. The monoisotopic (exact) mass is 1000 g/mol. The van der Waals surface area contributed by atoms with Gasteiger partial charge in [-0.15, -0.1) is 0 Å². The van der Waals surface area contributed by atoms with Crippen LogP contribution in [0.4, 0.5) is 34.1 Å². The van der Waals surface area contributed by atoms with Crippen LogP contribution in [0.5, 0.6) is 0 Å². The van der Waals surface area contributed by atoms with Crippen molar-refractivity contribution in [2.45, 2.75) is 0 Å². The van der Waals surface area contributed by atoms with E-state index in [1.165, 1.54) is 61.0 Å². The van der Waals surface area contributed by atoms with Crippen LogP contribution in [0.2, 0.25) is 0 Å². The quantitative estimate of drug-likeness (QED) is 0.135. The minimum Gasteiger partial charge on any atom is -0.311 e. The van der Waals surface area contributed by atoms with Gasteiger partial charge in [-0.25, -0.2) is 0 Å². The van der Waals surface area contributed by atoms with E-state index in [9.17, 15) is 0 Å². The summed E-state index contributed by atoms with van der Waals surface area (Å²) < 4.78 is 2.18. The number of rotatable bonds is 10. The van der Waals surface area contributed by atoms with Crippen LogP contribution in [0.15, 0.2) is 288 Å². The maximum absolute atomic E-state index is 3.53. The van der Waals surface area contributed by atoms with Crippen molar-refractivity contribution in [1.29, 1.82) is 0 Å². The lowest BCUT2D eigenvalue weighted by molar-refractivity contribution is 1.28. The van der Waals surface area contributed by atoms with Crippen LogP contribution in [-0.4, -0.2) is 0 Å². The molecule has 11 rings (SSSR count). The normalized spacial score (nSPS) is 10.8. The number of nitrogens with zero attached hydrogens (tertiary/aromatic N) is 2. The molecule has 0 unspecified atom stereocenters. The largest absolute Gasteiger partial charge is 0.311 e.